The van der Waals surface area contributed by atoms with Gasteiger partial charge in [-0.05, 0) is 25.1 Å². The normalized spacial score (nSPS) is 15.5. The number of hydrogen-bond acceptors (Lipinski definition) is 1. The zero-order valence-electron chi connectivity index (χ0n) is 10.3. The molecule has 0 aromatic heterocycles. The second-order valence-corrected chi connectivity index (χ2v) is 13.2. The molecule has 0 aromatic rings. The summed E-state index contributed by atoms with van der Waals surface area (Å²) >= 11 is 0. The van der Waals surface area contributed by atoms with E-state index in [1.54, 1.807) is 0 Å². The van der Waals surface area contributed by atoms with E-state index in [2.05, 4.69) is 46.6 Å². The van der Waals surface area contributed by atoms with Gasteiger partial charge in [0.05, 0.1) is 0 Å². The molecule has 0 aliphatic heterocycles. The van der Waals surface area contributed by atoms with Crippen molar-refractivity contribution in [2.24, 2.45) is 5.92 Å². The van der Waals surface area contributed by atoms with Crippen molar-refractivity contribution in [2.75, 3.05) is 0 Å². The van der Waals surface area contributed by atoms with Crippen molar-refractivity contribution in [3.63, 3.8) is 0 Å². The van der Waals surface area contributed by atoms with Crippen LogP contribution in [-0.2, 0) is 4.43 Å². The molecule has 3 heteroatoms. The summed E-state index contributed by atoms with van der Waals surface area (Å²) in [7, 11) is -1.49. The molecule has 13 heavy (non-hydrogen) atoms. The minimum absolute atomic E-state index is 0.510. The van der Waals surface area contributed by atoms with E-state index in [-0.39, 0.29) is 0 Å². The van der Waals surface area contributed by atoms with Crippen molar-refractivity contribution in [2.45, 2.75) is 58.7 Å². The van der Waals surface area contributed by atoms with Crippen molar-refractivity contribution in [3.8, 4) is 0 Å². The summed E-state index contributed by atoms with van der Waals surface area (Å²) in [5.74, 6) is 0.673. The monoisotopic (exact) mass is 217 g/mol. The van der Waals surface area contributed by atoms with Gasteiger partial charge >= 0.3 is 0 Å². The Morgan fingerprint density at radius 1 is 1.15 bits per heavy atom. The molecule has 1 radical (unpaired) electrons. The molecule has 0 aliphatic carbocycles. The number of hydrogen-bond donors (Lipinski definition) is 0. The molecule has 0 saturated carbocycles. The van der Waals surface area contributed by atoms with Gasteiger partial charge in [-0.1, -0.05) is 33.5 Å². The third-order valence-corrected chi connectivity index (χ3v) is 4.35. The van der Waals surface area contributed by atoms with Crippen LogP contribution in [0.5, 0.6) is 0 Å². The lowest BCUT2D eigenvalue weighted by Gasteiger charge is -2.29. The first-order chi connectivity index (χ1) is 5.72. The van der Waals surface area contributed by atoms with Gasteiger partial charge in [0.1, 0.15) is 0 Å². The van der Waals surface area contributed by atoms with Crippen molar-refractivity contribution in [3.05, 3.63) is 0 Å². The molecule has 0 bridgehead atoms. The molecule has 1 atom stereocenters. The van der Waals surface area contributed by atoms with Gasteiger partial charge in [-0.15, -0.1) is 0 Å². The van der Waals surface area contributed by atoms with Gasteiger partial charge in [0.25, 0.3) is 0 Å². The molecule has 0 aliphatic rings. The van der Waals surface area contributed by atoms with Crippen molar-refractivity contribution in [1.82, 2.24) is 0 Å². The summed E-state index contributed by atoms with van der Waals surface area (Å²) in [4.78, 5) is 0. The first kappa shape index (κ1) is 13.4. The molecule has 0 saturated heterocycles. The van der Waals surface area contributed by atoms with E-state index in [0.29, 0.717) is 12.0 Å². The molecule has 0 spiro atoms. The maximum atomic E-state index is 6.02. The lowest BCUT2D eigenvalue weighted by Crippen LogP contribution is -2.34. The van der Waals surface area contributed by atoms with Crippen LogP contribution in [0.25, 0.3) is 0 Å². The molecule has 0 N–H and O–H groups in total. The molecule has 0 aromatic carbocycles. The van der Waals surface area contributed by atoms with Gasteiger partial charge in [0.2, 0.25) is 9.04 Å². The van der Waals surface area contributed by atoms with E-state index in [0.717, 1.165) is 0 Å². The van der Waals surface area contributed by atoms with Crippen LogP contribution in [-0.4, -0.2) is 23.2 Å². The van der Waals surface area contributed by atoms with E-state index < -0.39 is 17.1 Å². The molecule has 0 heterocycles. The van der Waals surface area contributed by atoms with E-state index in [1.807, 2.05) is 0 Å². The van der Waals surface area contributed by atoms with Gasteiger partial charge in [-0.25, -0.2) is 0 Å². The van der Waals surface area contributed by atoms with Crippen LogP contribution in [0, 0.1) is 5.92 Å². The Morgan fingerprint density at radius 3 is 1.85 bits per heavy atom. The molecule has 0 rings (SSSR count). The summed E-state index contributed by atoms with van der Waals surface area (Å²) in [6.07, 6.45) is 0.510. The first-order valence-corrected chi connectivity index (χ1v) is 11.3. The maximum absolute atomic E-state index is 6.02. The van der Waals surface area contributed by atoms with Crippen molar-refractivity contribution < 1.29 is 4.43 Å². The second-order valence-electron chi connectivity index (χ2n) is 5.57. The fourth-order valence-corrected chi connectivity index (χ4v) is 4.21. The Kier molecular flexibility index (Phi) is 5.48. The molecule has 1 unspecified atom stereocenters. The fourth-order valence-electron chi connectivity index (χ4n) is 1.32. The average Bonchev–Trinajstić information content (AvgIpc) is 1.81. The summed E-state index contributed by atoms with van der Waals surface area (Å²) in [6.45, 7) is 16.3. The summed E-state index contributed by atoms with van der Waals surface area (Å²) in [5, 5.41) is 0. The summed E-state index contributed by atoms with van der Waals surface area (Å²) in [6, 6.07) is 1.31. The van der Waals surface area contributed by atoms with E-state index >= 15 is 0 Å². The fraction of sp³-hybridized carbons (Fsp3) is 1.00. The standard InChI is InChI=1S/C10H25OSi2/c1-9(2)10(11-12(3)4)8-13(5,6)7/h9-10H,8H2,1-7H3. The highest BCUT2D eigenvalue weighted by atomic mass is 28.3. The van der Waals surface area contributed by atoms with Crippen LogP contribution in [0.2, 0.25) is 38.8 Å². The van der Waals surface area contributed by atoms with Crippen LogP contribution in [0.4, 0.5) is 0 Å². The Labute approximate surface area is 86.6 Å². The second kappa shape index (κ2) is 5.32. The van der Waals surface area contributed by atoms with Gasteiger partial charge in [0, 0.05) is 14.2 Å². The van der Waals surface area contributed by atoms with Gasteiger partial charge in [-0.3, -0.25) is 0 Å². The van der Waals surface area contributed by atoms with E-state index in [1.165, 1.54) is 6.04 Å². The quantitative estimate of drug-likeness (QED) is 0.639. The van der Waals surface area contributed by atoms with Crippen LogP contribution < -0.4 is 0 Å². The molecule has 0 amide bonds. The predicted octanol–water partition coefficient (Wildman–Crippen LogP) is 3.62. The maximum Gasteiger partial charge on any atom is 0.205 e. The van der Waals surface area contributed by atoms with Crippen LogP contribution in [0.1, 0.15) is 13.8 Å². The summed E-state index contributed by atoms with van der Waals surface area (Å²) < 4.78 is 6.02. The van der Waals surface area contributed by atoms with Crippen LogP contribution >= 0.6 is 0 Å². The highest BCUT2D eigenvalue weighted by Crippen LogP contribution is 2.20. The zero-order valence-corrected chi connectivity index (χ0v) is 12.3. The largest absolute Gasteiger partial charge is 0.414 e. The summed E-state index contributed by atoms with van der Waals surface area (Å²) in [5.41, 5.74) is 0. The highest BCUT2D eigenvalue weighted by Gasteiger charge is 2.24. The minimum atomic E-state index is -0.959. The lowest BCUT2D eigenvalue weighted by molar-refractivity contribution is 0.171. The molecule has 0 fully saturated rings. The van der Waals surface area contributed by atoms with Crippen LogP contribution in [0.15, 0.2) is 0 Å². The van der Waals surface area contributed by atoms with Crippen molar-refractivity contribution in [1.29, 1.82) is 0 Å². The molecule has 79 valence electrons. The van der Waals surface area contributed by atoms with Gasteiger partial charge in [-0.2, -0.15) is 0 Å². The molecular formula is C10H25OSi2. The van der Waals surface area contributed by atoms with E-state index in [4.69, 9.17) is 4.43 Å². The Bertz CT molecular complexity index is 138. The third-order valence-electron chi connectivity index (χ3n) is 1.94. The average molecular weight is 217 g/mol. The van der Waals surface area contributed by atoms with Gasteiger partial charge < -0.3 is 4.43 Å². The highest BCUT2D eigenvalue weighted by molar-refractivity contribution is 6.76. The zero-order chi connectivity index (χ0) is 10.6. The third kappa shape index (κ3) is 7.46. The smallest absolute Gasteiger partial charge is 0.205 e. The Balaban J connectivity index is 4.11. The predicted molar refractivity (Wildman–Crippen MR) is 65.3 cm³/mol. The SMILES string of the molecule is CC(C)C(C[Si](C)(C)C)O[Si](C)C. The lowest BCUT2D eigenvalue weighted by atomic mass is 10.1. The van der Waals surface area contributed by atoms with Gasteiger partial charge in [0.15, 0.2) is 0 Å². The molecule has 1 nitrogen and oxygen atoms in total. The Morgan fingerprint density at radius 2 is 1.62 bits per heavy atom. The topological polar surface area (TPSA) is 9.23 Å². The molecular weight excluding hydrogens is 192 g/mol. The first-order valence-electron chi connectivity index (χ1n) is 5.19. The van der Waals surface area contributed by atoms with Crippen molar-refractivity contribution >= 4 is 17.1 Å². The minimum Gasteiger partial charge on any atom is -0.414 e. The number of rotatable bonds is 5. The van der Waals surface area contributed by atoms with E-state index in [9.17, 15) is 0 Å². The Hall–Kier alpha value is 0.394. The van der Waals surface area contributed by atoms with Crippen LogP contribution in [0.3, 0.4) is 0 Å².